The zero-order valence-corrected chi connectivity index (χ0v) is 9.12. The average molecular weight is 211 g/mol. The van der Waals surface area contributed by atoms with E-state index in [1.54, 1.807) is 0 Å². The zero-order chi connectivity index (χ0) is 11.0. The Morgan fingerprint density at radius 2 is 2.13 bits per heavy atom. The van der Waals surface area contributed by atoms with Gasteiger partial charge in [-0.05, 0) is 25.3 Å². The van der Waals surface area contributed by atoms with Crippen LogP contribution in [0.15, 0.2) is 0 Å². The molecule has 0 spiro atoms. The number of hydrogen-bond donors (Lipinski definition) is 2. The molecule has 2 aliphatic rings. The van der Waals surface area contributed by atoms with Crippen molar-refractivity contribution in [1.82, 2.24) is 15.5 Å². The summed E-state index contributed by atoms with van der Waals surface area (Å²) in [5.41, 5.74) is 0. The summed E-state index contributed by atoms with van der Waals surface area (Å²) in [6.07, 6.45) is 1.79. The van der Waals surface area contributed by atoms with Crippen LogP contribution in [0.1, 0.15) is 26.7 Å². The van der Waals surface area contributed by atoms with Gasteiger partial charge in [0.05, 0.1) is 6.17 Å². The van der Waals surface area contributed by atoms with E-state index >= 15 is 0 Å². The molecule has 3 amide bonds. The van der Waals surface area contributed by atoms with Gasteiger partial charge in [0.2, 0.25) is 0 Å². The fourth-order valence-corrected chi connectivity index (χ4v) is 2.15. The fourth-order valence-electron chi connectivity index (χ4n) is 2.15. The molecule has 15 heavy (non-hydrogen) atoms. The second-order valence-electron chi connectivity index (χ2n) is 4.49. The lowest BCUT2D eigenvalue weighted by Gasteiger charge is -2.21. The fraction of sp³-hybridized carbons (Fsp3) is 0.800. The first kappa shape index (κ1) is 10.4. The van der Waals surface area contributed by atoms with Crippen LogP contribution in [0.5, 0.6) is 0 Å². The second kappa shape index (κ2) is 3.81. The van der Waals surface area contributed by atoms with Crippen molar-refractivity contribution in [2.24, 2.45) is 5.92 Å². The van der Waals surface area contributed by atoms with E-state index in [1.807, 2.05) is 13.8 Å². The molecule has 2 saturated heterocycles. The van der Waals surface area contributed by atoms with Gasteiger partial charge in [-0.25, -0.2) is 9.69 Å². The van der Waals surface area contributed by atoms with Gasteiger partial charge in [0.1, 0.15) is 6.04 Å². The van der Waals surface area contributed by atoms with Gasteiger partial charge in [-0.3, -0.25) is 10.1 Å². The molecule has 2 atom stereocenters. The summed E-state index contributed by atoms with van der Waals surface area (Å²) in [7, 11) is 0. The number of hydrogen-bond acceptors (Lipinski definition) is 3. The third-order valence-electron chi connectivity index (χ3n) is 3.01. The van der Waals surface area contributed by atoms with E-state index in [4.69, 9.17) is 0 Å². The summed E-state index contributed by atoms with van der Waals surface area (Å²) < 4.78 is 0. The number of imide groups is 1. The van der Waals surface area contributed by atoms with E-state index in [9.17, 15) is 9.59 Å². The molecule has 2 aliphatic heterocycles. The number of rotatable bonds is 2. The summed E-state index contributed by atoms with van der Waals surface area (Å²) in [4.78, 5) is 24.9. The van der Waals surface area contributed by atoms with E-state index in [2.05, 4.69) is 10.6 Å². The van der Waals surface area contributed by atoms with Gasteiger partial charge in [-0.15, -0.1) is 0 Å². The van der Waals surface area contributed by atoms with Gasteiger partial charge in [0, 0.05) is 0 Å². The molecule has 0 aliphatic carbocycles. The van der Waals surface area contributed by atoms with Gasteiger partial charge in [-0.2, -0.15) is 0 Å². The van der Waals surface area contributed by atoms with Gasteiger partial charge in [0.15, 0.2) is 0 Å². The Morgan fingerprint density at radius 1 is 1.40 bits per heavy atom. The highest BCUT2D eigenvalue weighted by Crippen LogP contribution is 2.19. The highest BCUT2D eigenvalue weighted by Gasteiger charge is 2.43. The van der Waals surface area contributed by atoms with Gasteiger partial charge >= 0.3 is 6.03 Å². The van der Waals surface area contributed by atoms with Crippen molar-refractivity contribution in [3.63, 3.8) is 0 Å². The molecule has 5 heteroatoms. The zero-order valence-electron chi connectivity index (χ0n) is 9.12. The van der Waals surface area contributed by atoms with E-state index in [0.717, 1.165) is 19.4 Å². The van der Waals surface area contributed by atoms with Crippen LogP contribution in [-0.4, -0.2) is 35.6 Å². The molecule has 0 aromatic carbocycles. The molecule has 0 saturated carbocycles. The number of carbonyl (C=O) groups excluding carboxylic acids is 2. The molecule has 2 N–H and O–H groups in total. The molecule has 0 bridgehead atoms. The third-order valence-corrected chi connectivity index (χ3v) is 3.01. The maximum absolute atomic E-state index is 11.9. The molecule has 5 nitrogen and oxygen atoms in total. The first-order valence-electron chi connectivity index (χ1n) is 5.48. The summed E-state index contributed by atoms with van der Waals surface area (Å²) in [5.74, 6) is 0.0576. The van der Waals surface area contributed by atoms with Gasteiger partial charge < -0.3 is 5.32 Å². The quantitative estimate of drug-likeness (QED) is 0.645. The molecule has 2 unspecified atom stereocenters. The number of amides is 3. The molecule has 0 radical (unpaired) electrons. The van der Waals surface area contributed by atoms with Crippen molar-refractivity contribution < 1.29 is 9.59 Å². The summed E-state index contributed by atoms with van der Waals surface area (Å²) in [6, 6.07) is -0.599. The van der Waals surface area contributed by atoms with E-state index in [-0.39, 0.29) is 30.1 Å². The SMILES string of the molecule is CC(C)C1NC(=O)N(C2CCCN2)C1=O. The van der Waals surface area contributed by atoms with Crippen molar-refractivity contribution in [3.05, 3.63) is 0 Å². The Labute approximate surface area is 89.2 Å². The average Bonchev–Trinajstić information content (AvgIpc) is 2.73. The minimum atomic E-state index is -0.347. The largest absolute Gasteiger partial charge is 0.326 e. The second-order valence-corrected chi connectivity index (χ2v) is 4.49. The molecule has 2 fully saturated rings. The van der Waals surface area contributed by atoms with Crippen LogP contribution >= 0.6 is 0 Å². The van der Waals surface area contributed by atoms with Crippen molar-refractivity contribution >= 4 is 11.9 Å². The van der Waals surface area contributed by atoms with Crippen molar-refractivity contribution in [2.45, 2.75) is 38.9 Å². The Morgan fingerprint density at radius 3 is 2.60 bits per heavy atom. The Bertz CT molecular complexity index is 284. The van der Waals surface area contributed by atoms with Crippen molar-refractivity contribution in [2.75, 3.05) is 6.54 Å². The maximum Gasteiger partial charge on any atom is 0.326 e. The minimum absolute atomic E-state index is 0.0885. The summed E-state index contributed by atoms with van der Waals surface area (Å²) >= 11 is 0. The molecular weight excluding hydrogens is 194 g/mol. The van der Waals surface area contributed by atoms with Crippen LogP contribution < -0.4 is 10.6 Å². The van der Waals surface area contributed by atoms with Gasteiger partial charge in [0.25, 0.3) is 5.91 Å². The normalized spacial score (nSPS) is 31.5. The van der Waals surface area contributed by atoms with E-state index < -0.39 is 0 Å². The Kier molecular flexibility index (Phi) is 2.65. The van der Waals surface area contributed by atoms with E-state index in [0.29, 0.717) is 0 Å². The summed E-state index contributed by atoms with van der Waals surface area (Å²) in [6.45, 7) is 4.76. The Hall–Kier alpha value is -1.10. The first-order chi connectivity index (χ1) is 7.11. The van der Waals surface area contributed by atoms with Crippen LogP contribution in [0.2, 0.25) is 0 Å². The molecule has 2 rings (SSSR count). The molecule has 2 heterocycles. The van der Waals surface area contributed by atoms with Crippen molar-refractivity contribution in [3.8, 4) is 0 Å². The minimum Gasteiger partial charge on any atom is -0.325 e. The highest BCUT2D eigenvalue weighted by molar-refractivity contribution is 6.04. The molecule has 0 aromatic rings. The number of nitrogens with one attached hydrogen (secondary N) is 2. The van der Waals surface area contributed by atoms with Crippen LogP contribution in [0, 0.1) is 5.92 Å². The van der Waals surface area contributed by atoms with E-state index in [1.165, 1.54) is 4.90 Å². The molecular formula is C10H17N3O2. The molecule has 84 valence electrons. The van der Waals surface area contributed by atoms with Crippen LogP contribution in [0.4, 0.5) is 4.79 Å². The lowest BCUT2D eigenvalue weighted by molar-refractivity contribution is -0.130. The van der Waals surface area contributed by atoms with Crippen LogP contribution in [0.3, 0.4) is 0 Å². The number of carbonyl (C=O) groups is 2. The highest BCUT2D eigenvalue weighted by atomic mass is 16.2. The van der Waals surface area contributed by atoms with Crippen LogP contribution in [-0.2, 0) is 4.79 Å². The predicted octanol–water partition coefficient (Wildman–Crippen LogP) is 0.272. The van der Waals surface area contributed by atoms with Crippen molar-refractivity contribution in [1.29, 1.82) is 0 Å². The summed E-state index contributed by atoms with van der Waals surface area (Å²) in [5, 5.41) is 5.89. The first-order valence-corrected chi connectivity index (χ1v) is 5.48. The maximum atomic E-state index is 11.9. The monoisotopic (exact) mass is 211 g/mol. The Balaban J connectivity index is 2.12. The molecule has 0 aromatic heterocycles. The topological polar surface area (TPSA) is 61.4 Å². The van der Waals surface area contributed by atoms with Gasteiger partial charge in [-0.1, -0.05) is 13.8 Å². The number of urea groups is 1. The lowest BCUT2D eigenvalue weighted by atomic mass is 10.0. The standard InChI is InChI=1S/C10H17N3O2/c1-6(2)8-9(14)13(10(15)12-8)7-4-3-5-11-7/h6-8,11H,3-5H2,1-2H3,(H,12,15). The lowest BCUT2D eigenvalue weighted by Crippen LogP contribution is -2.46. The third kappa shape index (κ3) is 1.71. The van der Waals surface area contributed by atoms with Crippen LogP contribution in [0.25, 0.3) is 0 Å². The smallest absolute Gasteiger partial charge is 0.325 e. The number of nitrogens with zero attached hydrogens (tertiary/aromatic N) is 1. The predicted molar refractivity (Wildman–Crippen MR) is 55.0 cm³/mol.